The number of hydrogen-bond donors (Lipinski definition) is 0. The molecule has 19 heavy (non-hydrogen) atoms. The highest BCUT2D eigenvalue weighted by molar-refractivity contribution is 7.99. The lowest BCUT2D eigenvalue weighted by Crippen LogP contribution is -2.20. The lowest BCUT2D eigenvalue weighted by Gasteiger charge is -2.12. The van der Waals surface area contributed by atoms with E-state index in [0.29, 0.717) is 5.02 Å². The number of nitrogens with zero attached hydrogens (tertiary/aromatic N) is 2. The van der Waals surface area contributed by atoms with E-state index in [0.717, 1.165) is 10.8 Å². The minimum atomic E-state index is 0.712. The summed E-state index contributed by atoms with van der Waals surface area (Å²) in [5.41, 5.74) is 0. The van der Waals surface area contributed by atoms with Gasteiger partial charge >= 0.3 is 0 Å². The van der Waals surface area contributed by atoms with E-state index in [1.54, 1.807) is 6.20 Å². The molecule has 2 rings (SSSR count). The lowest BCUT2D eigenvalue weighted by molar-refractivity contribution is 0.344. The van der Waals surface area contributed by atoms with Crippen LogP contribution < -0.4 is 0 Å². The second kappa shape index (κ2) is 9.11. The third-order valence-electron chi connectivity index (χ3n) is 3.14. The predicted octanol–water partition coefficient (Wildman–Crippen LogP) is 4.39. The maximum atomic E-state index is 5.81. The van der Waals surface area contributed by atoms with Gasteiger partial charge in [0.25, 0.3) is 0 Å². The van der Waals surface area contributed by atoms with Crippen molar-refractivity contribution in [1.29, 1.82) is 0 Å². The number of thioether (sulfide) groups is 2. The van der Waals surface area contributed by atoms with Crippen LogP contribution in [0.5, 0.6) is 0 Å². The SMILES string of the molecule is Clc1ccc(SCCCCCCN2CCSC2)nc1. The van der Waals surface area contributed by atoms with E-state index in [-0.39, 0.29) is 0 Å². The highest BCUT2D eigenvalue weighted by Gasteiger charge is 2.10. The number of unbranched alkanes of at least 4 members (excludes halogenated alkanes) is 3. The highest BCUT2D eigenvalue weighted by atomic mass is 35.5. The van der Waals surface area contributed by atoms with Gasteiger partial charge in [0.05, 0.1) is 10.0 Å². The van der Waals surface area contributed by atoms with Crippen LogP contribution in [0.4, 0.5) is 0 Å². The van der Waals surface area contributed by atoms with E-state index >= 15 is 0 Å². The van der Waals surface area contributed by atoms with Crippen molar-refractivity contribution in [2.24, 2.45) is 0 Å². The van der Waals surface area contributed by atoms with Crippen LogP contribution in [0.25, 0.3) is 0 Å². The minimum absolute atomic E-state index is 0.712. The van der Waals surface area contributed by atoms with Crippen LogP contribution in [-0.4, -0.2) is 40.4 Å². The van der Waals surface area contributed by atoms with Crippen molar-refractivity contribution in [3.05, 3.63) is 23.4 Å². The zero-order valence-electron chi connectivity index (χ0n) is 11.2. The lowest BCUT2D eigenvalue weighted by atomic mass is 10.2. The topological polar surface area (TPSA) is 16.1 Å². The van der Waals surface area contributed by atoms with Crippen LogP contribution in [0.3, 0.4) is 0 Å². The van der Waals surface area contributed by atoms with Crippen molar-refractivity contribution in [2.45, 2.75) is 30.7 Å². The van der Waals surface area contributed by atoms with Crippen molar-refractivity contribution < 1.29 is 0 Å². The molecule has 0 atom stereocenters. The number of pyridine rings is 1. The summed E-state index contributed by atoms with van der Waals surface area (Å²) in [6, 6.07) is 3.91. The van der Waals surface area contributed by atoms with Crippen LogP contribution in [0.2, 0.25) is 5.02 Å². The molecular weight excluding hydrogens is 296 g/mol. The summed E-state index contributed by atoms with van der Waals surface area (Å²) >= 11 is 9.69. The fraction of sp³-hybridized carbons (Fsp3) is 0.643. The van der Waals surface area contributed by atoms with Gasteiger partial charge in [-0.1, -0.05) is 24.4 Å². The molecule has 1 aromatic rings. The molecule has 0 radical (unpaired) electrons. The van der Waals surface area contributed by atoms with Gasteiger partial charge in [0.1, 0.15) is 0 Å². The first kappa shape index (κ1) is 15.5. The molecular formula is C14H21ClN2S2. The van der Waals surface area contributed by atoms with E-state index in [1.165, 1.54) is 50.4 Å². The summed E-state index contributed by atoms with van der Waals surface area (Å²) in [4.78, 5) is 6.85. The largest absolute Gasteiger partial charge is 0.293 e. The van der Waals surface area contributed by atoms with E-state index in [4.69, 9.17) is 11.6 Å². The summed E-state index contributed by atoms with van der Waals surface area (Å²) in [7, 11) is 0. The van der Waals surface area contributed by atoms with E-state index in [2.05, 4.69) is 21.6 Å². The Kier molecular flexibility index (Phi) is 7.43. The van der Waals surface area contributed by atoms with E-state index < -0.39 is 0 Å². The average molecular weight is 317 g/mol. The van der Waals surface area contributed by atoms with Gasteiger partial charge in [-0.25, -0.2) is 4.98 Å². The molecule has 0 bridgehead atoms. The quantitative estimate of drug-likeness (QED) is 0.522. The van der Waals surface area contributed by atoms with Crippen molar-refractivity contribution in [1.82, 2.24) is 9.88 Å². The monoisotopic (exact) mass is 316 g/mol. The summed E-state index contributed by atoms with van der Waals surface area (Å²) in [5.74, 6) is 3.73. The normalized spacial score (nSPS) is 16.1. The molecule has 1 aliphatic heterocycles. The van der Waals surface area contributed by atoms with Gasteiger partial charge in [-0.3, -0.25) is 4.90 Å². The van der Waals surface area contributed by atoms with Crippen molar-refractivity contribution >= 4 is 35.1 Å². The summed E-state index contributed by atoms with van der Waals surface area (Å²) < 4.78 is 0. The van der Waals surface area contributed by atoms with Gasteiger partial charge in [-0.15, -0.1) is 23.5 Å². The zero-order chi connectivity index (χ0) is 13.3. The van der Waals surface area contributed by atoms with E-state index in [1.807, 2.05) is 23.9 Å². The molecule has 1 aromatic heterocycles. The molecule has 1 fully saturated rings. The van der Waals surface area contributed by atoms with Crippen LogP contribution in [0.15, 0.2) is 23.4 Å². The summed E-state index contributed by atoms with van der Waals surface area (Å²) in [6.07, 6.45) is 7.05. The first-order chi connectivity index (χ1) is 9.34. The number of halogens is 1. The first-order valence-corrected chi connectivity index (χ1v) is 9.41. The maximum absolute atomic E-state index is 5.81. The van der Waals surface area contributed by atoms with Crippen molar-refractivity contribution in [3.8, 4) is 0 Å². The number of aromatic nitrogens is 1. The third kappa shape index (κ3) is 6.39. The van der Waals surface area contributed by atoms with Crippen LogP contribution >= 0.6 is 35.1 Å². The molecule has 5 heteroatoms. The van der Waals surface area contributed by atoms with Gasteiger partial charge in [-0.05, 0) is 37.3 Å². The second-order valence-electron chi connectivity index (χ2n) is 4.73. The van der Waals surface area contributed by atoms with Crippen molar-refractivity contribution in [2.75, 3.05) is 30.5 Å². The van der Waals surface area contributed by atoms with Gasteiger partial charge in [0.15, 0.2) is 0 Å². The molecule has 0 saturated carbocycles. The molecule has 106 valence electrons. The highest BCUT2D eigenvalue weighted by Crippen LogP contribution is 2.19. The molecule has 1 saturated heterocycles. The maximum Gasteiger partial charge on any atom is 0.0960 e. The predicted molar refractivity (Wildman–Crippen MR) is 87.3 cm³/mol. The standard InChI is InChI=1S/C14H21ClN2S2/c15-13-5-6-14(16-11-13)19-9-4-2-1-3-7-17-8-10-18-12-17/h5-6,11H,1-4,7-10,12H2. The molecule has 0 unspecified atom stereocenters. The first-order valence-electron chi connectivity index (χ1n) is 6.89. The van der Waals surface area contributed by atoms with Gasteiger partial charge < -0.3 is 0 Å². The Bertz CT molecular complexity index is 353. The summed E-state index contributed by atoms with van der Waals surface area (Å²) in [6.45, 7) is 2.58. The molecule has 0 N–H and O–H groups in total. The minimum Gasteiger partial charge on any atom is -0.293 e. The molecule has 1 aliphatic rings. The fourth-order valence-corrected chi connectivity index (χ4v) is 4.04. The molecule has 2 nitrogen and oxygen atoms in total. The fourth-order valence-electron chi connectivity index (χ4n) is 2.04. The van der Waals surface area contributed by atoms with Crippen molar-refractivity contribution in [3.63, 3.8) is 0 Å². The average Bonchev–Trinajstić information content (AvgIpc) is 2.93. The zero-order valence-corrected chi connectivity index (χ0v) is 13.6. The second-order valence-corrected chi connectivity index (χ2v) is 7.36. The Morgan fingerprint density at radius 1 is 1.26 bits per heavy atom. The van der Waals surface area contributed by atoms with Crippen LogP contribution in [0, 0.1) is 0 Å². The Balaban J connectivity index is 1.44. The number of hydrogen-bond acceptors (Lipinski definition) is 4. The van der Waals surface area contributed by atoms with E-state index in [9.17, 15) is 0 Å². The summed E-state index contributed by atoms with van der Waals surface area (Å²) in [5, 5.41) is 1.79. The molecule has 0 amide bonds. The molecule has 0 spiro atoms. The molecule has 2 heterocycles. The smallest absolute Gasteiger partial charge is 0.0960 e. The third-order valence-corrected chi connectivity index (χ3v) is 5.42. The Morgan fingerprint density at radius 2 is 2.16 bits per heavy atom. The Hall–Kier alpha value is 0.1000. The van der Waals surface area contributed by atoms with Crippen LogP contribution in [-0.2, 0) is 0 Å². The van der Waals surface area contributed by atoms with Crippen LogP contribution in [0.1, 0.15) is 25.7 Å². The van der Waals surface area contributed by atoms with Gasteiger partial charge in [0.2, 0.25) is 0 Å². The Morgan fingerprint density at radius 3 is 2.89 bits per heavy atom. The number of rotatable bonds is 8. The molecule has 0 aromatic carbocycles. The Labute approximate surface area is 129 Å². The molecule has 0 aliphatic carbocycles. The van der Waals surface area contributed by atoms with Gasteiger partial charge in [0, 0.05) is 24.4 Å². The van der Waals surface area contributed by atoms with Gasteiger partial charge in [-0.2, -0.15) is 0 Å².